The molecule has 0 atom stereocenters. The number of hydrogen-bond donors (Lipinski definition) is 2. The number of rotatable bonds is 9. The molecule has 3 aromatic rings. The van der Waals surface area contributed by atoms with Gasteiger partial charge >= 0.3 is 0 Å². The fraction of sp³-hybridized carbons (Fsp3) is 0.200. The molecular weight excluding hydrogens is 424 g/mol. The minimum Gasteiger partial charge on any atom is -0.497 e. The molecular formula is C20H22N4O6S. The van der Waals surface area contributed by atoms with Gasteiger partial charge in [0.25, 0.3) is 10.0 Å². The quantitative estimate of drug-likeness (QED) is 0.382. The lowest BCUT2D eigenvalue weighted by Gasteiger charge is -2.10. The SMILES string of the molecule is COc1ccc(S(=O)(=O)NN=Cc2cn[nH]c2-c2ccc(OC)c(OC)c2)c(OC)c1. The molecule has 2 aromatic carbocycles. The van der Waals surface area contributed by atoms with E-state index in [-0.39, 0.29) is 10.6 Å². The highest BCUT2D eigenvalue weighted by Gasteiger charge is 2.19. The van der Waals surface area contributed by atoms with Crippen LogP contribution in [0.25, 0.3) is 11.3 Å². The highest BCUT2D eigenvalue weighted by molar-refractivity contribution is 7.89. The highest BCUT2D eigenvalue weighted by Crippen LogP contribution is 2.32. The summed E-state index contributed by atoms with van der Waals surface area (Å²) in [6.07, 6.45) is 2.88. The van der Waals surface area contributed by atoms with Crippen molar-refractivity contribution in [2.45, 2.75) is 4.90 Å². The molecule has 3 rings (SSSR count). The molecule has 0 spiro atoms. The summed E-state index contributed by atoms with van der Waals surface area (Å²) in [6, 6.07) is 9.72. The zero-order valence-corrected chi connectivity index (χ0v) is 18.2. The van der Waals surface area contributed by atoms with Crippen LogP contribution in [0.3, 0.4) is 0 Å². The van der Waals surface area contributed by atoms with Crippen molar-refractivity contribution in [2.75, 3.05) is 28.4 Å². The lowest BCUT2D eigenvalue weighted by molar-refractivity contribution is 0.355. The van der Waals surface area contributed by atoms with Crippen molar-refractivity contribution in [1.29, 1.82) is 0 Å². The monoisotopic (exact) mass is 446 g/mol. The van der Waals surface area contributed by atoms with E-state index in [4.69, 9.17) is 18.9 Å². The van der Waals surface area contributed by atoms with E-state index in [9.17, 15) is 8.42 Å². The molecule has 0 bridgehead atoms. The van der Waals surface area contributed by atoms with Gasteiger partial charge in [0.05, 0.1) is 46.5 Å². The zero-order chi connectivity index (χ0) is 22.4. The first kappa shape index (κ1) is 22.0. The Morgan fingerprint density at radius 3 is 2.35 bits per heavy atom. The molecule has 31 heavy (non-hydrogen) atoms. The van der Waals surface area contributed by atoms with E-state index < -0.39 is 10.0 Å². The molecule has 0 saturated carbocycles. The summed E-state index contributed by atoms with van der Waals surface area (Å²) < 4.78 is 46.1. The standard InChI is InChI=1S/C20H22N4O6S/c1-27-15-6-8-19(18(10-15)30-4)31(25,26)24-22-12-14-11-21-23-20(14)13-5-7-16(28-2)17(9-13)29-3/h5-12,24H,1-4H3,(H,21,23). The number of H-pyrrole nitrogens is 1. The highest BCUT2D eigenvalue weighted by atomic mass is 32.2. The van der Waals surface area contributed by atoms with Gasteiger partial charge in [0.1, 0.15) is 16.4 Å². The third kappa shape index (κ3) is 4.72. The first-order valence-corrected chi connectivity index (χ1v) is 10.4. The molecule has 10 nitrogen and oxygen atoms in total. The maximum Gasteiger partial charge on any atom is 0.280 e. The number of sulfonamides is 1. The van der Waals surface area contributed by atoms with E-state index in [1.165, 1.54) is 44.8 Å². The number of ether oxygens (including phenoxy) is 4. The number of methoxy groups -OCH3 is 4. The van der Waals surface area contributed by atoms with Crippen LogP contribution in [0.4, 0.5) is 0 Å². The van der Waals surface area contributed by atoms with Crippen molar-refractivity contribution in [2.24, 2.45) is 5.10 Å². The first-order chi connectivity index (χ1) is 14.9. The van der Waals surface area contributed by atoms with E-state index in [1.807, 2.05) is 6.07 Å². The molecule has 0 saturated heterocycles. The van der Waals surface area contributed by atoms with Crippen molar-refractivity contribution < 1.29 is 27.4 Å². The Hall–Kier alpha value is -3.73. The minimum atomic E-state index is -3.97. The van der Waals surface area contributed by atoms with Crippen LogP contribution in [0.5, 0.6) is 23.0 Å². The van der Waals surface area contributed by atoms with E-state index >= 15 is 0 Å². The Kier molecular flexibility index (Phi) is 6.65. The molecule has 0 fully saturated rings. The van der Waals surface area contributed by atoms with Gasteiger partial charge < -0.3 is 18.9 Å². The molecule has 0 radical (unpaired) electrons. The Labute approximate surface area is 179 Å². The maximum atomic E-state index is 12.6. The predicted octanol–water partition coefficient (Wildman–Crippen LogP) is 2.42. The topological polar surface area (TPSA) is 124 Å². The van der Waals surface area contributed by atoms with Crippen molar-refractivity contribution in [3.05, 3.63) is 48.2 Å². The van der Waals surface area contributed by atoms with Crippen molar-refractivity contribution >= 4 is 16.2 Å². The van der Waals surface area contributed by atoms with Gasteiger partial charge in [-0.1, -0.05) is 0 Å². The van der Waals surface area contributed by atoms with Crippen molar-refractivity contribution in [3.8, 4) is 34.3 Å². The van der Waals surface area contributed by atoms with Crippen LogP contribution in [-0.4, -0.2) is 53.3 Å². The van der Waals surface area contributed by atoms with Gasteiger partial charge in [0.15, 0.2) is 11.5 Å². The van der Waals surface area contributed by atoms with Gasteiger partial charge in [0.2, 0.25) is 0 Å². The van der Waals surface area contributed by atoms with Gasteiger partial charge in [-0.05, 0) is 30.3 Å². The molecule has 1 aromatic heterocycles. The number of nitrogens with one attached hydrogen (secondary N) is 2. The Bertz CT molecular complexity index is 1190. The van der Waals surface area contributed by atoms with Crippen molar-refractivity contribution in [3.63, 3.8) is 0 Å². The van der Waals surface area contributed by atoms with E-state index in [1.54, 1.807) is 26.4 Å². The number of hydrazone groups is 1. The Balaban J connectivity index is 1.84. The number of aromatic amines is 1. The molecule has 2 N–H and O–H groups in total. The number of aromatic nitrogens is 2. The van der Waals surface area contributed by atoms with Crippen LogP contribution in [0.1, 0.15) is 5.56 Å². The normalized spacial score (nSPS) is 11.4. The summed E-state index contributed by atoms with van der Waals surface area (Å²) in [7, 11) is 1.97. The lowest BCUT2D eigenvalue weighted by Crippen LogP contribution is -2.19. The van der Waals surface area contributed by atoms with Crippen molar-refractivity contribution in [1.82, 2.24) is 15.0 Å². The molecule has 0 aliphatic heterocycles. The van der Waals surface area contributed by atoms with E-state index in [0.29, 0.717) is 28.5 Å². The largest absolute Gasteiger partial charge is 0.497 e. The Morgan fingerprint density at radius 1 is 0.935 bits per heavy atom. The molecule has 0 amide bonds. The fourth-order valence-electron chi connectivity index (χ4n) is 2.83. The van der Waals surface area contributed by atoms with Crippen LogP contribution in [0.2, 0.25) is 0 Å². The van der Waals surface area contributed by atoms with Crippen LogP contribution < -0.4 is 23.8 Å². The van der Waals surface area contributed by atoms with Gasteiger partial charge in [-0.25, -0.2) is 0 Å². The predicted molar refractivity (Wildman–Crippen MR) is 115 cm³/mol. The molecule has 164 valence electrons. The van der Waals surface area contributed by atoms with E-state index in [2.05, 4.69) is 20.1 Å². The smallest absolute Gasteiger partial charge is 0.280 e. The maximum absolute atomic E-state index is 12.6. The van der Waals surface area contributed by atoms with E-state index in [0.717, 1.165) is 5.56 Å². The summed E-state index contributed by atoms with van der Waals surface area (Å²) >= 11 is 0. The molecule has 0 aliphatic rings. The molecule has 0 aliphatic carbocycles. The molecule has 1 heterocycles. The summed E-state index contributed by atoms with van der Waals surface area (Å²) in [5, 5.41) is 10.8. The van der Waals surface area contributed by atoms with Crippen LogP contribution in [0, 0.1) is 0 Å². The van der Waals surface area contributed by atoms with Crippen LogP contribution in [-0.2, 0) is 10.0 Å². The average molecular weight is 446 g/mol. The van der Waals surface area contributed by atoms with Gasteiger partial charge in [-0.15, -0.1) is 0 Å². The summed E-state index contributed by atoms with van der Waals surface area (Å²) in [5.41, 5.74) is 1.96. The third-order valence-corrected chi connectivity index (χ3v) is 5.64. The van der Waals surface area contributed by atoms with Crippen LogP contribution in [0.15, 0.2) is 52.6 Å². The van der Waals surface area contributed by atoms with Crippen LogP contribution >= 0.6 is 0 Å². The van der Waals surface area contributed by atoms with Gasteiger partial charge in [-0.2, -0.15) is 23.4 Å². The molecule has 0 unspecified atom stereocenters. The number of benzene rings is 2. The first-order valence-electron chi connectivity index (χ1n) is 8.96. The second kappa shape index (κ2) is 9.39. The number of hydrogen-bond acceptors (Lipinski definition) is 8. The average Bonchev–Trinajstić information content (AvgIpc) is 3.26. The minimum absolute atomic E-state index is 0.0692. The zero-order valence-electron chi connectivity index (χ0n) is 17.4. The number of nitrogens with zero attached hydrogens (tertiary/aromatic N) is 2. The fourth-order valence-corrected chi connectivity index (χ4v) is 3.77. The van der Waals surface area contributed by atoms with Gasteiger partial charge in [0, 0.05) is 17.2 Å². The molecule has 11 heteroatoms. The second-order valence-corrected chi connectivity index (χ2v) is 7.77. The summed E-state index contributed by atoms with van der Waals surface area (Å²) in [6.45, 7) is 0. The van der Waals surface area contributed by atoms with Gasteiger partial charge in [-0.3, -0.25) is 5.10 Å². The summed E-state index contributed by atoms with van der Waals surface area (Å²) in [4.78, 5) is 2.11. The summed E-state index contributed by atoms with van der Waals surface area (Å²) in [5.74, 6) is 1.74. The second-order valence-electron chi connectivity index (χ2n) is 6.14. The third-order valence-electron chi connectivity index (χ3n) is 4.38. The Morgan fingerprint density at radius 2 is 1.68 bits per heavy atom. The lowest BCUT2D eigenvalue weighted by atomic mass is 10.1.